The first-order valence-corrected chi connectivity index (χ1v) is 6.73. The first-order chi connectivity index (χ1) is 9.08. The number of rotatable bonds is 7. The summed E-state index contributed by atoms with van der Waals surface area (Å²) in [6, 6.07) is 5.47. The minimum absolute atomic E-state index is 0.115. The van der Waals surface area contributed by atoms with Crippen molar-refractivity contribution in [3.63, 3.8) is 0 Å². The molecular formula is C14H24N4O. The normalized spacial score (nSPS) is 10.6. The lowest BCUT2D eigenvalue weighted by atomic mass is 10.3. The zero-order chi connectivity index (χ0) is 14.3. The first kappa shape index (κ1) is 15.4. The molecule has 1 N–H and O–H groups in total. The Labute approximate surface area is 115 Å². The average Bonchev–Trinajstić information content (AvgIpc) is 2.43. The van der Waals surface area contributed by atoms with Gasteiger partial charge >= 0.3 is 0 Å². The van der Waals surface area contributed by atoms with Gasteiger partial charge in [-0.1, -0.05) is 19.9 Å². The summed E-state index contributed by atoms with van der Waals surface area (Å²) in [6.07, 6.45) is 0. The van der Waals surface area contributed by atoms with Crippen molar-refractivity contribution >= 4 is 11.7 Å². The molecule has 0 radical (unpaired) electrons. The minimum Gasteiger partial charge on any atom is -0.363 e. The van der Waals surface area contributed by atoms with Gasteiger partial charge in [0, 0.05) is 27.2 Å². The molecule has 0 unspecified atom stereocenters. The molecule has 0 atom stereocenters. The lowest BCUT2D eigenvalue weighted by Gasteiger charge is -2.18. The van der Waals surface area contributed by atoms with E-state index in [1.807, 2.05) is 31.1 Å². The molecule has 0 aliphatic heterocycles. The maximum atomic E-state index is 12.0. The molecule has 0 bridgehead atoms. The number of hydrogen-bond acceptors (Lipinski definition) is 4. The van der Waals surface area contributed by atoms with Gasteiger partial charge in [0.15, 0.2) is 0 Å². The predicted molar refractivity (Wildman–Crippen MR) is 78.7 cm³/mol. The van der Waals surface area contributed by atoms with Crippen LogP contribution in [0.15, 0.2) is 18.2 Å². The van der Waals surface area contributed by atoms with E-state index in [1.54, 1.807) is 6.07 Å². The van der Waals surface area contributed by atoms with Crippen LogP contribution in [0.2, 0.25) is 0 Å². The second kappa shape index (κ2) is 7.74. The summed E-state index contributed by atoms with van der Waals surface area (Å²) in [5.74, 6) is 0.673. The van der Waals surface area contributed by atoms with Crippen LogP contribution in [0.5, 0.6) is 0 Å². The van der Waals surface area contributed by atoms with E-state index in [1.165, 1.54) is 0 Å². The second-order valence-electron chi connectivity index (χ2n) is 4.56. The highest BCUT2D eigenvalue weighted by atomic mass is 16.1. The minimum atomic E-state index is -0.115. The molecule has 0 spiro atoms. The molecule has 5 nitrogen and oxygen atoms in total. The van der Waals surface area contributed by atoms with Crippen LogP contribution in [0.4, 0.5) is 5.82 Å². The summed E-state index contributed by atoms with van der Waals surface area (Å²) in [6.45, 7) is 7.75. The van der Waals surface area contributed by atoms with E-state index in [0.29, 0.717) is 12.2 Å². The van der Waals surface area contributed by atoms with Crippen LogP contribution in [0.1, 0.15) is 24.3 Å². The Morgan fingerprint density at radius 1 is 1.26 bits per heavy atom. The van der Waals surface area contributed by atoms with E-state index < -0.39 is 0 Å². The first-order valence-electron chi connectivity index (χ1n) is 6.73. The third-order valence-corrected chi connectivity index (χ3v) is 3.03. The number of nitrogens with zero attached hydrogens (tertiary/aromatic N) is 3. The maximum absolute atomic E-state index is 12.0. The number of likely N-dealkylation sites (N-methyl/N-ethyl adjacent to an activating group) is 1. The number of anilines is 1. The average molecular weight is 264 g/mol. The summed E-state index contributed by atoms with van der Waals surface area (Å²) in [4.78, 5) is 20.4. The van der Waals surface area contributed by atoms with Crippen molar-refractivity contribution in [3.8, 4) is 0 Å². The molecule has 5 heteroatoms. The summed E-state index contributed by atoms with van der Waals surface area (Å²) < 4.78 is 0. The number of pyridine rings is 1. The van der Waals surface area contributed by atoms with Crippen LogP contribution >= 0.6 is 0 Å². The van der Waals surface area contributed by atoms with E-state index in [9.17, 15) is 4.79 Å². The van der Waals surface area contributed by atoms with E-state index in [-0.39, 0.29) is 5.91 Å². The van der Waals surface area contributed by atoms with Crippen molar-refractivity contribution in [2.75, 3.05) is 45.2 Å². The Hall–Kier alpha value is -1.62. The predicted octanol–water partition coefficient (Wildman–Crippen LogP) is 1.22. The Kier molecular flexibility index (Phi) is 6.29. The molecule has 0 fully saturated rings. The van der Waals surface area contributed by atoms with Gasteiger partial charge in [-0.3, -0.25) is 4.79 Å². The van der Waals surface area contributed by atoms with Crippen molar-refractivity contribution in [1.29, 1.82) is 0 Å². The van der Waals surface area contributed by atoms with Crippen LogP contribution < -0.4 is 10.2 Å². The van der Waals surface area contributed by atoms with Crippen molar-refractivity contribution in [2.45, 2.75) is 13.8 Å². The van der Waals surface area contributed by atoms with Crippen molar-refractivity contribution in [1.82, 2.24) is 15.2 Å². The van der Waals surface area contributed by atoms with E-state index in [2.05, 4.69) is 29.0 Å². The van der Waals surface area contributed by atoms with E-state index >= 15 is 0 Å². The molecule has 0 aromatic carbocycles. The zero-order valence-electron chi connectivity index (χ0n) is 12.3. The number of aromatic nitrogens is 1. The van der Waals surface area contributed by atoms with E-state index in [0.717, 1.165) is 25.5 Å². The fourth-order valence-corrected chi connectivity index (χ4v) is 1.76. The fraction of sp³-hybridized carbons (Fsp3) is 0.571. The lowest BCUT2D eigenvalue weighted by Crippen LogP contribution is -2.35. The van der Waals surface area contributed by atoms with Gasteiger partial charge in [0.05, 0.1) is 0 Å². The van der Waals surface area contributed by atoms with Gasteiger partial charge in [0.1, 0.15) is 11.5 Å². The van der Waals surface area contributed by atoms with E-state index in [4.69, 9.17) is 0 Å². The van der Waals surface area contributed by atoms with Crippen LogP contribution in [-0.2, 0) is 0 Å². The second-order valence-corrected chi connectivity index (χ2v) is 4.56. The molecule has 0 saturated heterocycles. The molecule has 106 valence electrons. The molecule has 1 rings (SSSR count). The summed E-state index contributed by atoms with van der Waals surface area (Å²) in [5, 5.41) is 2.90. The Balaban J connectivity index is 2.51. The van der Waals surface area contributed by atoms with Crippen molar-refractivity contribution in [3.05, 3.63) is 23.9 Å². The van der Waals surface area contributed by atoms with Gasteiger partial charge in [-0.15, -0.1) is 0 Å². The van der Waals surface area contributed by atoms with Crippen molar-refractivity contribution < 1.29 is 4.79 Å². The Bertz CT molecular complexity index is 402. The number of carbonyl (C=O) groups is 1. The monoisotopic (exact) mass is 264 g/mol. The molecular weight excluding hydrogens is 240 g/mol. The smallest absolute Gasteiger partial charge is 0.270 e. The molecule has 1 aromatic rings. The zero-order valence-corrected chi connectivity index (χ0v) is 12.3. The number of amides is 1. The third-order valence-electron chi connectivity index (χ3n) is 3.03. The summed E-state index contributed by atoms with van der Waals surface area (Å²) >= 11 is 0. The van der Waals surface area contributed by atoms with Crippen molar-refractivity contribution in [2.24, 2.45) is 0 Å². The fourth-order valence-electron chi connectivity index (χ4n) is 1.76. The quantitative estimate of drug-likeness (QED) is 0.804. The molecule has 1 aromatic heterocycles. The highest BCUT2D eigenvalue weighted by Gasteiger charge is 2.08. The number of nitrogens with one attached hydrogen (secondary N) is 1. The van der Waals surface area contributed by atoms with Crippen LogP contribution in [0, 0.1) is 0 Å². The molecule has 1 heterocycles. The highest BCUT2D eigenvalue weighted by Crippen LogP contribution is 2.07. The van der Waals surface area contributed by atoms with Crippen LogP contribution in [-0.4, -0.2) is 56.1 Å². The topological polar surface area (TPSA) is 48.5 Å². The SMILES string of the molecule is CCN(CC)CCNC(=O)c1cccc(N(C)C)n1. The highest BCUT2D eigenvalue weighted by molar-refractivity contribution is 5.92. The van der Waals surface area contributed by atoms with Gasteiger partial charge in [-0.25, -0.2) is 4.98 Å². The Morgan fingerprint density at radius 3 is 2.53 bits per heavy atom. The third kappa shape index (κ3) is 4.87. The van der Waals surface area contributed by atoms with Gasteiger partial charge in [0.25, 0.3) is 5.91 Å². The van der Waals surface area contributed by atoms with Crippen LogP contribution in [0.3, 0.4) is 0 Å². The summed E-state index contributed by atoms with van der Waals surface area (Å²) in [5.41, 5.74) is 0.464. The lowest BCUT2D eigenvalue weighted by molar-refractivity contribution is 0.0944. The molecule has 0 aliphatic rings. The number of hydrogen-bond donors (Lipinski definition) is 1. The van der Waals surface area contributed by atoms with Gasteiger partial charge in [0.2, 0.25) is 0 Å². The maximum Gasteiger partial charge on any atom is 0.270 e. The molecule has 1 amide bonds. The molecule has 0 aliphatic carbocycles. The molecule has 19 heavy (non-hydrogen) atoms. The Morgan fingerprint density at radius 2 is 1.95 bits per heavy atom. The number of carbonyl (C=O) groups excluding carboxylic acids is 1. The van der Waals surface area contributed by atoms with Crippen LogP contribution in [0.25, 0.3) is 0 Å². The van der Waals surface area contributed by atoms with Gasteiger partial charge < -0.3 is 15.1 Å². The largest absolute Gasteiger partial charge is 0.363 e. The molecule has 0 saturated carbocycles. The van der Waals surface area contributed by atoms with Gasteiger partial charge in [-0.2, -0.15) is 0 Å². The summed E-state index contributed by atoms with van der Waals surface area (Å²) in [7, 11) is 3.81. The van der Waals surface area contributed by atoms with Gasteiger partial charge in [-0.05, 0) is 25.2 Å². The standard InChI is InChI=1S/C14H24N4O/c1-5-18(6-2)11-10-15-14(19)12-8-7-9-13(16-12)17(3)4/h7-9H,5-6,10-11H2,1-4H3,(H,15,19).